The van der Waals surface area contributed by atoms with Crippen LogP contribution in [0.4, 0.5) is 0 Å². The van der Waals surface area contributed by atoms with E-state index in [1.807, 2.05) is 0 Å². The fourth-order valence-corrected chi connectivity index (χ4v) is 1.92. The molecule has 1 N–H and O–H groups in total. The van der Waals surface area contributed by atoms with E-state index in [1.54, 1.807) is 0 Å². The number of carboxylic acids is 1. The van der Waals surface area contributed by atoms with Gasteiger partial charge in [-0.25, -0.2) is 4.79 Å². The number of hydrogen-bond acceptors (Lipinski definition) is 2. The van der Waals surface area contributed by atoms with Crippen LogP contribution in [-0.4, -0.2) is 36.6 Å². The predicted molar refractivity (Wildman–Crippen MR) is 92.8 cm³/mol. The standard InChI is InChI=1S/C14H31N.C4H6O2/c1-4-5-6-7-8-9-10-11-12-13-14-15(2)3;1-3(2)4(5)6/h4-14H2,1-3H3;1H2,2H3,(H,5,6). The van der Waals surface area contributed by atoms with E-state index >= 15 is 0 Å². The fraction of sp³-hybridized carbons (Fsp3) is 0.833. The third-order valence-electron chi connectivity index (χ3n) is 3.32. The van der Waals surface area contributed by atoms with Crippen LogP contribution in [0.15, 0.2) is 12.2 Å². The Morgan fingerprint density at radius 3 is 1.52 bits per heavy atom. The molecule has 0 radical (unpaired) electrons. The smallest absolute Gasteiger partial charge is 0.330 e. The normalized spacial score (nSPS) is 10.1. The molecule has 0 atom stereocenters. The lowest BCUT2D eigenvalue weighted by molar-refractivity contribution is -0.132. The molecule has 0 bridgehead atoms. The van der Waals surface area contributed by atoms with Crippen molar-refractivity contribution in [2.24, 2.45) is 0 Å². The predicted octanol–water partition coefficient (Wildman–Crippen LogP) is 5.12. The van der Waals surface area contributed by atoms with Gasteiger partial charge in [-0.05, 0) is 34.0 Å². The number of carbonyl (C=O) groups is 1. The highest BCUT2D eigenvalue weighted by Crippen LogP contribution is 2.10. The third kappa shape index (κ3) is 24.6. The van der Waals surface area contributed by atoms with Crippen molar-refractivity contribution in [3.63, 3.8) is 0 Å². The molecule has 0 fully saturated rings. The Morgan fingerprint density at radius 2 is 1.24 bits per heavy atom. The maximum atomic E-state index is 9.60. The lowest BCUT2D eigenvalue weighted by Gasteiger charge is -2.08. The lowest BCUT2D eigenvalue weighted by Crippen LogP contribution is -2.12. The molecule has 0 heterocycles. The zero-order chi connectivity index (χ0) is 16.5. The Balaban J connectivity index is 0. The minimum Gasteiger partial charge on any atom is -0.478 e. The van der Waals surface area contributed by atoms with Gasteiger partial charge in [0.2, 0.25) is 0 Å². The van der Waals surface area contributed by atoms with E-state index in [9.17, 15) is 4.79 Å². The minimum absolute atomic E-state index is 0.176. The second-order valence-electron chi connectivity index (χ2n) is 6.07. The molecule has 0 aliphatic carbocycles. The number of rotatable bonds is 12. The van der Waals surface area contributed by atoms with Crippen LogP contribution in [0.2, 0.25) is 0 Å². The highest BCUT2D eigenvalue weighted by molar-refractivity contribution is 5.84. The van der Waals surface area contributed by atoms with Crippen molar-refractivity contribution in [1.29, 1.82) is 0 Å². The van der Waals surface area contributed by atoms with Crippen LogP contribution in [0.1, 0.15) is 78.1 Å². The largest absolute Gasteiger partial charge is 0.478 e. The van der Waals surface area contributed by atoms with E-state index in [0.29, 0.717) is 0 Å². The summed E-state index contributed by atoms with van der Waals surface area (Å²) in [5.41, 5.74) is 0.176. The van der Waals surface area contributed by atoms with E-state index in [-0.39, 0.29) is 5.57 Å². The summed E-state index contributed by atoms with van der Waals surface area (Å²) in [5, 5.41) is 7.89. The average molecular weight is 299 g/mol. The van der Waals surface area contributed by atoms with E-state index in [1.165, 1.54) is 77.7 Å². The van der Waals surface area contributed by atoms with Crippen molar-refractivity contribution in [2.75, 3.05) is 20.6 Å². The first-order chi connectivity index (χ1) is 9.91. The fourth-order valence-electron chi connectivity index (χ4n) is 1.92. The van der Waals surface area contributed by atoms with Gasteiger partial charge in [-0.15, -0.1) is 0 Å². The van der Waals surface area contributed by atoms with Crippen LogP contribution in [0.3, 0.4) is 0 Å². The summed E-state index contributed by atoms with van der Waals surface area (Å²) in [6, 6.07) is 0. The molecule has 3 heteroatoms. The van der Waals surface area contributed by atoms with Crippen LogP contribution in [0, 0.1) is 0 Å². The van der Waals surface area contributed by atoms with Crippen LogP contribution >= 0.6 is 0 Å². The quantitative estimate of drug-likeness (QED) is 0.402. The lowest BCUT2D eigenvalue weighted by atomic mass is 10.1. The molecule has 21 heavy (non-hydrogen) atoms. The van der Waals surface area contributed by atoms with E-state index in [2.05, 4.69) is 32.5 Å². The molecule has 0 aromatic carbocycles. The molecule has 0 aliphatic rings. The van der Waals surface area contributed by atoms with E-state index in [4.69, 9.17) is 5.11 Å². The zero-order valence-electron chi connectivity index (χ0n) is 14.8. The van der Waals surface area contributed by atoms with Gasteiger partial charge in [0.25, 0.3) is 0 Å². The van der Waals surface area contributed by atoms with Gasteiger partial charge in [-0.3, -0.25) is 0 Å². The van der Waals surface area contributed by atoms with Crippen molar-refractivity contribution in [1.82, 2.24) is 4.90 Å². The van der Waals surface area contributed by atoms with Gasteiger partial charge in [0.05, 0.1) is 0 Å². The third-order valence-corrected chi connectivity index (χ3v) is 3.32. The number of hydrogen-bond donors (Lipinski definition) is 1. The first-order valence-electron chi connectivity index (χ1n) is 8.45. The van der Waals surface area contributed by atoms with Crippen molar-refractivity contribution in [3.8, 4) is 0 Å². The Bertz CT molecular complexity index is 238. The summed E-state index contributed by atoms with van der Waals surface area (Å²) >= 11 is 0. The second kappa shape index (κ2) is 17.2. The van der Waals surface area contributed by atoms with Crippen LogP contribution in [-0.2, 0) is 4.79 Å². The second-order valence-corrected chi connectivity index (χ2v) is 6.07. The Kier molecular flexibility index (Phi) is 18.4. The van der Waals surface area contributed by atoms with Gasteiger partial charge in [0.15, 0.2) is 0 Å². The summed E-state index contributed by atoms with van der Waals surface area (Å²) in [6.07, 6.45) is 14.4. The molecule has 0 rings (SSSR count). The monoisotopic (exact) mass is 299 g/mol. The number of carboxylic acid groups (broad SMARTS) is 1. The first-order valence-corrected chi connectivity index (χ1v) is 8.45. The molecule has 0 spiro atoms. The topological polar surface area (TPSA) is 40.5 Å². The average Bonchev–Trinajstić information content (AvgIpc) is 2.41. The molecule has 0 saturated carbocycles. The Labute approximate surface area is 132 Å². The summed E-state index contributed by atoms with van der Waals surface area (Å²) in [7, 11) is 4.32. The molecule has 3 nitrogen and oxygen atoms in total. The highest BCUT2D eigenvalue weighted by Gasteiger charge is 1.93. The number of aliphatic carboxylic acids is 1. The van der Waals surface area contributed by atoms with Gasteiger partial charge in [0.1, 0.15) is 0 Å². The molecule has 0 unspecified atom stereocenters. The Morgan fingerprint density at radius 1 is 0.905 bits per heavy atom. The molecule has 0 aromatic heterocycles. The minimum atomic E-state index is -0.935. The van der Waals surface area contributed by atoms with Crippen LogP contribution < -0.4 is 0 Å². The van der Waals surface area contributed by atoms with Crippen molar-refractivity contribution in [3.05, 3.63) is 12.2 Å². The molecule has 0 aromatic rings. The Hall–Kier alpha value is -0.830. The summed E-state index contributed by atoms with van der Waals surface area (Å²) in [6.45, 7) is 8.14. The summed E-state index contributed by atoms with van der Waals surface area (Å²) < 4.78 is 0. The molecular weight excluding hydrogens is 262 g/mol. The maximum Gasteiger partial charge on any atom is 0.330 e. The van der Waals surface area contributed by atoms with Crippen molar-refractivity contribution >= 4 is 5.97 Å². The van der Waals surface area contributed by atoms with Gasteiger partial charge in [-0.2, -0.15) is 0 Å². The molecule has 0 saturated heterocycles. The SMILES string of the molecule is C=C(C)C(=O)O.CCCCCCCCCCCCN(C)C. The first kappa shape index (κ1) is 22.5. The zero-order valence-corrected chi connectivity index (χ0v) is 14.8. The number of unbranched alkanes of at least 4 members (excludes halogenated alkanes) is 9. The van der Waals surface area contributed by atoms with Crippen LogP contribution in [0.5, 0.6) is 0 Å². The van der Waals surface area contributed by atoms with Gasteiger partial charge in [0, 0.05) is 5.57 Å². The summed E-state index contributed by atoms with van der Waals surface area (Å²) in [5.74, 6) is -0.935. The summed E-state index contributed by atoms with van der Waals surface area (Å²) in [4.78, 5) is 11.9. The van der Waals surface area contributed by atoms with Gasteiger partial charge < -0.3 is 10.0 Å². The molecule has 0 amide bonds. The highest BCUT2D eigenvalue weighted by atomic mass is 16.4. The number of nitrogens with zero attached hydrogens (tertiary/aromatic N) is 1. The van der Waals surface area contributed by atoms with Gasteiger partial charge in [-0.1, -0.05) is 71.3 Å². The molecular formula is C18H37NO2. The van der Waals surface area contributed by atoms with E-state index in [0.717, 1.165) is 0 Å². The van der Waals surface area contributed by atoms with E-state index < -0.39 is 5.97 Å². The van der Waals surface area contributed by atoms with Crippen LogP contribution in [0.25, 0.3) is 0 Å². The van der Waals surface area contributed by atoms with Crippen molar-refractivity contribution < 1.29 is 9.90 Å². The van der Waals surface area contributed by atoms with Gasteiger partial charge >= 0.3 is 5.97 Å². The molecule has 0 aliphatic heterocycles. The van der Waals surface area contributed by atoms with Crippen molar-refractivity contribution in [2.45, 2.75) is 78.1 Å². The maximum absolute atomic E-state index is 9.60. The molecule has 126 valence electrons.